The van der Waals surface area contributed by atoms with Gasteiger partial charge in [-0.2, -0.15) is 0 Å². The topological polar surface area (TPSA) is 35.9 Å². The third-order valence-corrected chi connectivity index (χ3v) is 11.3. The van der Waals surface area contributed by atoms with E-state index in [9.17, 15) is 0 Å². The van der Waals surface area contributed by atoms with Crippen LogP contribution < -0.4 is 9.30 Å². The summed E-state index contributed by atoms with van der Waals surface area (Å²) in [5.74, 6) is 2.44. The van der Waals surface area contributed by atoms with Gasteiger partial charge in [-0.05, 0) is 105 Å². The molecule has 0 bridgehead atoms. The van der Waals surface area contributed by atoms with Crippen molar-refractivity contribution in [3.63, 3.8) is 0 Å². The number of imidazole rings is 1. The fourth-order valence-corrected chi connectivity index (χ4v) is 8.21. The van der Waals surface area contributed by atoms with Crippen molar-refractivity contribution in [2.75, 3.05) is 0 Å². The molecule has 0 radical (unpaired) electrons. The molecule has 0 unspecified atom stereocenters. The first kappa shape index (κ1) is 39.9. The fraction of sp³-hybridized carbons (Fsp3) is 0.296. The van der Waals surface area contributed by atoms with Crippen molar-refractivity contribution in [1.29, 1.82) is 0 Å². The van der Waals surface area contributed by atoms with Crippen molar-refractivity contribution in [1.82, 2.24) is 14.1 Å². The lowest BCUT2D eigenvalue weighted by Gasteiger charge is -2.30. The van der Waals surface area contributed by atoms with Gasteiger partial charge in [-0.15, -0.1) is 0 Å². The van der Waals surface area contributed by atoms with Crippen molar-refractivity contribution < 1.29 is 9.30 Å². The van der Waals surface area contributed by atoms with E-state index in [0.29, 0.717) is 0 Å². The van der Waals surface area contributed by atoms with E-state index in [2.05, 4.69) is 231 Å². The number of aromatic nitrogens is 4. The highest BCUT2D eigenvalue weighted by Crippen LogP contribution is 2.40. The average molecular weight is 779 g/mol. The van der Waals surface area contributed by atoms with E-state index in [1.165, 1.54) is 39.0 Å². The van der Waals surface area contributed by atoms with Crippen LogP contribution >= 0.6 is 0 Å². The van der Waals surface area contributed by atoms with E-state index in [1.54, 1.807) is 0 Å². The van der Waals surface area contributed by atoms with Crippen LogP contribution in [0.2, 0.25) is 0 Å². The van der Waals surface area contributed by atoms with Crippen molar-refractivity contribution in [3.8, 4) is 39.8 Å². The van der Waals surface area contributed by atoms with E-state index < -0.39 is 0 Å². The molecule has 0 aliphatic heterocycles. The predicted molar refractivity (Wildman–Crippen MR) is 245 cm³/mol. The maximum atomic E-state index is 6.95. The number of hydrogen-bond donors (Lipinski definition) is 0. The predicted octanol–water partition coefficient (Wildman–Crippen LogP) is 13.7. The zero-order chi connectivity index (χ0) is 42.1. The molecule has 59 heavy (non-hydrogen) atoms. The molecule has 3 aromatic heterocycles. The molecular weight excluding hydrogens is 721 g/mol. The minimum absolute atomic E-state index is 0.00951. The number of rotatable bonds is 6. The number of fused-ring (bicyclic) bond motifs is 3. The van der Waals surface area contributed by atoms with Gasteiger partial charge in [0.05, 0.1) is 33.8 Å². The van der Waals surface area contributed by atoms with Crippen molar-refractivity contribution in [2.45, 2.75) is 105 Å². The minimum Gasteiger partial charge on any atom is -0.458 e. The smallest absolute Gasteiger partial charge is 0.269 e. The summed E-state index contributed by atoms with van der Waals surface area (Å²) in [6.45, 7) is 27.3. The Morgan fingerprint density at radius 3 is 1.83 bits per heavy atom. The Bertz CT molecular complexity index is 2810. The maximum Gasteiger partial charge on any atom is 0.269 e. The molecule has 0 saturated heterocycles. The lowest BCUT2D eigenvalue weighted by Crippen LogP contribution is -2.40. The Morgan fingerprint density at radius 1 is 0.525 bits per heavy atom. The first-order chi connectivity index (χ1) is 27.8. The maximum absolute atomic E-state index is 6.95. The highest BCUT2D eigenvalue weighted by Gasteiger charge is 2.34. The lowest BCUT2D eigenvalue weighted by molar-refractivity contribution is -0.611. The highest BCUT2D eigenvalue weighted by molar-refractivity contribution is 6.09. The Morgan fingerprint density at radius 2 is 1.17 bits per heavy atom. The number of benzene rings is 5. The van der Waals surface area contributed by atoms with Crippen molar-refractivity contribution in [3.05, 3.63) is 162 Å². The summed E-state index contributed by atoms with van der Waals surface area (Å²) < 4.78 is 13.8. The average Bonchev–Trinajstić information content (AvgIpc) is 3.76. The molecule has 0 amide bonds. The van der Waals surface area contributed by atoms with Gasteiger partial charge >= 0.3 is 0 Å². The van der Waals surface area contributed by atoms with Crippen LogP contribution in [0.3, 0.4) is 0 Å². The van der Waals surface area contributed by atoms with Crippen LogP contribution in [-0.4, -0.2) is 14.1 Å². The molecule has 0 N–H and O–H groups in total. The zero-order valence-corrected chi connectivity index (χ0v) is 36.9. The molecule has 0 aliphatic carbocycles. The highest BCUT2D eigenvalue weighted by atomic mass is 16.5. The summed E-state index contributed by atoms with van der Waals surface area (Å²) in [6, 6.07) is 45.4. The number of para-hydroxylation sites is 1. The first-order valence-corrected chi connectivity index (χ1v) is 20.9. The molecule has 0 saturated carbocycles. The molecule has 5 aromatic carbocycles. The second-order valence-electron chi connectivity index (χ2n) is 20.1. The van der Waals surface area contributed by atoms with E-state index in [4.69, 9.17) is 9.72 Å². The summed E-state index contributed by atoms with van der Waals surface area (Å²) in [5.41, 5.74) is 11.0. The quantitative estimate of drug-likeness (QED) is 0.124. The molecular formula is C54H58N4O. The van der Waals surface area contributed by atoms with Crippen LogP contribution in [0.4, 0.5) is 0 Å². The molecule has 0 atom stereocenters. The second kappa shape index (κ2) is 14.4. The SMILES string of the molecule is CC(C)(C)c1cc(Oc2ccc3c4ccccc4n(-c4cc(C(C)(C)C)ccn4)c3c2)cc(-n2[c-][n+](-c3ccc(-c4ccccc4)cc3)c(C(C)(C)C)c2C(C)(C)C)c1. The molecule has 0 spiro atoms. The van der Waals surface area contributed by atoms with Crippen molar-refractivity contribution >= 4 is 21.8 Å². The lowest BCUT2D eigenvalue weighted by atomic mass is 9.81. The molecule has 0 aliphatic rings. The summed E-state index contributed by atoms with van der Waals surface area (Å²) in [7, 11) is 0. The molecule has 5 heteroatoms. The molecule has 8 rings (SSSR count). The third-order valence-electron chi connectivity index (χ3n) is 11.3. The molecule has 300 valence electrons. The minimum atomic E-state index is -0.204. The summed E-state index contributed by atoms with van der Waals surface area (Å²) in [4.78, 5) is 4.90. The first-order valence-electron chi connectivity index (χ1n) is 20.9. The van der Waals surface area contributed by atoms with Gasteiger partial charge < -0.3 is 4.74 Å². The van der Waals surface area contributed by atoms with Crippen LogP contribution in [0.15, 0.2) is 134 Å². The summed E-state index contributed by atoms with van der Waals surface area (Å²) in [5, 5.41) is 2.34. The normalized spacial score (nSPS) is 12.7. The fourth-order valence-electron chi connectivity index (χ4n) is 8.21. The number of hydrogen-bond acceptors (Lipinski definition) is 2. The third kappa shape index (κ3) is 7.71. The van der Waals surface area contributed by atoms with E-state index in [0.717, 1.165) is 45.1 Å². The van der Waals surface area contributed by atoms with E-state index in [1.807, 2.05) is 6.20 Å². The summed E-state index contributed by atoms with van der Waals surface area (Å²) in [6.07, 6.45) is 5.80. The van der Waals surface area contributed by atoms with Gasteiger partial charge in [-0.1, -0.05) is 144 Å². The van der Waals surface area contributed by atoms with Crippen LogP contribution in [0.1, 0.15) is 106 Å². The van der Waals surface area contributed by atoms with Crippen molar-refractivity contribution in [2.24, 2.45) is 0 Å². The molecule has 0 fully saturated rings. The molecule has 3 heterocycles. The van der Waals surface area contributed by atoms with Gasteiger partial charge in [0.25, 0.3) is 6.33 Å². The van der Waals surface area contributed by atoms with Crippen LogP contribution in [-0.2, 0) is 21.7 Å². The zero-order valence-electron chi connectivity index (χ0n) is 36.9. The summed E-state index contributed by atoms with van der Waals surface area (Å²) >= 11 is 0. The van der Waals surface area contributed by atoms with Crippen LogP contribution in [0.5, 0.6) is 11.5 Å². The number of pyridine rings is 1. The van der Waals surface area contributed by atoms with Gasteiger partial charge in [0.2, 0.25) is 0 Å². The number of ether oxygens (including phenoxy) is 1. The van der Waals surface area contributed by atoms with Gasteiger partial charge in [-0.25, -0.2) is 4.98 Å². The Labute approximate surface area is 351 Å². The standard InChI is InChI=1S/C54H58N4O/c1-51(2,3)38-28-29-55-48(32-38)58-46-21-17-16-20-44(46)45-27-26-42(34-47(45)58)59-43-31-39(52(4,5)6)30-41(33-43)57-35-56(49(53(7,8)9)50(57)54(10,11)12)40-24-22-37(23-25-40)36-18-14-13-15-19-36/h13-34H,1-12H3. The Balaban J connectivity index is 1.28. The largest absolute Gasteiger partial charge is 0.458 e. The molecule has 5 nitrogen and oxygen atoms in total. The van der Waals surface area contributed by atoms with Crippen LogP contribution in [0, 0.1) is 6.33 Å². The molecule has 8 aromatic rings. The van der Waals surface area contributed by atoms with Gasteiger partial charge in [0.1, 0.15) is 17.3 Å². The van der Waals surface area contributed by atoms with E-state index >= 15 is 0 Å². The Hall–Kier alpha value is -5.94. The monoisotopic (exact) mass is 778 g/mol. The van der Waals surface area contributed by atoms with E-state index in [-0.39, 0.29) is 21.7 Å². The Kier molecular flexibility index (Phi) is 9.74. The number of nitrogens with zero attached hydrogens (tertiary/aromatic N) is 4. The second-order valence-corrected chi connectivity index (χ2v) is 20.1. The van der Waals surface area contributed by atoms with Gasteiger partial charge in [0.15, 0.2) is 0 Å². The van der Waals surface area contributed by atoms with Gasteiger partial charge in [-0.3, -0.25) is 13.7 Å². The van der Waals surface area contributed by atoms with Crippen LogP contribution in [0.25, 0.3) is 50.1 Å². The van der Waals surface area contributed by atoms with Gasteiger partial charge in [0, 0.05) is 23.0 Å².